The Morgan fingerprint density at radius 1 is 1.10 bits per heavy atom. The van der Waals surface area contributed by atoms with Crippen molar-refractivity contribution in [2.45, 2.75) is 65.5 Å². The third kappa shape index (κ3) is 7.54. The molecule has 0 saturated heterocycles. The third-order valence-corrected chi connectivity index (χ3v) is 7.12. The SMILES string of the molecule is CCC(O)CC(C(=O)NCc1ccc(-c2ccc3oc(=O)[nH]c3c2)cc1)C(C)CCC(=O)Cc1cc(C)no1. The number of aromatic nitrogens is 2. The molecular formula is C30H35N3O6. The number of aliphatic hydroxyl groups excluding tert-OH is 1. The lowest BCUT2D eigenvalue weighted by atomic mass is 9.84. The minimum Gasteiger partial charge on any atom is -0.408 e. The highest BCUT2D eigenvalue weighted by Gasteiger charge is 2.27. The summed E-state index contributed by atoms with van der Waals surface area (Å²) >= 11 is 0. The third-order valence-electron chi connectivity index (χ3n) is 7.12. The number of carbonyl (C=O) groups is 2. The van der Waals surface area contributed by atoms with Crippen LogP contribution < -0.4 is 11.1 Å². The van der Waals surface area contributed by atoms with E-state index >= 15 is 0 Å². The van der Waals surface area contributed by atoms with Gasteiger partial charge in [0.15, 0.2) is 5.58 Å². The molecule has 3 unspecified atom stereocenters. The van der Waals surface area contributed by atoms with E-state index in [4.69, 9.17) is 8.94 Å². The Balaban J connectivity index is 1.34. The number of fused-ring (bicyclic) bond motifs is 1. The van der Waals surface area contributed by atoms with Crippen LogP contribution in [0.4, 0.5) is 0 Å². The molecule has 0 saturated carbocycles. The van der Waals surface area contributed by atoms with Crippen LogP contribution in [-0.4, -0.2) is 33.0 Å². The molecule has 3 N–H and O–H groups in total. The van der Waals surface area contributed by atoms with Gasteiger partial charge in [-0.1, -0.05) is 49.3 Å². The maximum atomic E-state index is 13.2. The fourth-order valence-electron chi connectivity index (χ4n) is 4.70. The van der Waals surface area contributed by atoms with E-state index in [2.05, 4.69) is 15.5 Å². The summed E-state index contributed by atoms with van der Waals surface area (Å²) in [5.41, 5.74) is 4.72. The molecule has 0 fully saturated rings. The predicted molar refractivity (Wildman–Crippen MR) is 147 cm³/mol. The number of aromatic amines is 1. The van der Waals surface area contributed by atoms with E-state index in [-0.39, 0.29) is 24.0 Å². The van der Waals surface area contributed by atoms with Gasteiger partial charge in [-0.05, 0) is 60.9 Å². The van der Waals surface area contributed by atoms with Crippen LogP contribution in [0.2, 0.25) is 0 Å². The molecule has 2 aromatic carbocycles. The summed E-state index contributed by atoms with van der Waals surface area (Å²) in [5, 5.41) is 17.1. The van der Waals surface area contributed by atoms with Crippen LogP contribution in [0.25, 0.3) is 22.2 Å². The van der Waals surface area contributed by atoms with Gasteiger partial charge >= 0.3 is 5.76 Å². The van der Waals surface area contributed by atoms with E-state index in [0.29, 0.717) is 49.1 Å². The van der Waals surface area contributed by atoms with Crippen molar-refractivity contribution in [3.8, 4) is 11.1 Å². The summed E-state index contributed by atoms with van der Waals surface area (Å²) in [5.74, 6) is -0.538. The first-order chi connectivity index (χ1) is 18.7. The molecule has 206 valence electrons. The highest BCUT2D eigenvalue weighted by molar-refractivity contribution is 5.81. The second kappa shape index (κ2) is 12.7. The Bertz CT molecular complexity index is 1470. The van der Waals surface area contributed by atoms with Gasteiger partial charge in [-0.15, -0.1) is 0 Å². The van der Waals surface area contributed by atoms with E-state index in [1.54, 1.807) is 12.1 Å². The minimum atomic E-state index is -0.585. The van der Waals surface area contributed by atoms with Gasteiger partial charge in [-0.3, -0.25) is 14.6 Å². The summed E-state index contributed by atoms with van der Waals surface area (Å²) in [6.07, 6.45) is 1.37. The molecule has 0 bridgehead atoms. The van der Waals surface area contributed by atoms with Crippen LogP contribution in [0.15, 0.2) is 62.3 Å². The number of oxazole rings is 1. The molecular weight excluding hydrogens is 498 g/mol. The predicted octanol–water partition coefficient (Wildman–Crippen LogP) is 4.71. The molecule has 3 atom stereocenters. The summed E-state index contributed by atoms with van der Waals surface area (Å²) in [4.78, 5) is 39.7. The molecule has 9 nitrogen and oxygen atoms in total. The zero-order valence-corrected chi connectivity index (χ0v) is 22.5. The number of ketones is 1. The number of carbonyl (C=O) groups excluding carboxylic acids is 2. The summed E-state index contributed by atoms with van der Waals surface area (Å²) in [6.45, 7) is 6.00. The molecule has 2 heterocycles. The number of rotatable bonds is 13. The maximum absolute atomic E-state index is 13.2. The molecule has 0 spiro atoms. The van der Waals surface area contributed by atoms with Crippen molar-refractivity contribution in [1.82, 2.24) is 15.5 Å². The first kappa shape index (κ1) is 28.0. The van der Waals surface area contributed by atoms with Crippen LogP contribution in [0, 0.1) is 18.8 Å². The average Bonchev–Trinajstić information content (AvgIpc) is 3.51. The van der Waals surface area contributed by atoms with Crippen molar-refractivity contribution in [1.29, 1.82) is 0 Å². The molecule has 0 aliphatic rings. The van der Waals surface area contributed by atoms with E-state index in [0.717, 1.165) is 22.4 Å². The summed E-state index contributed by atoms with van der Waals surface area (Å²) in [6, 6.07) is 15.1. The topological polar surface area (TPSA) is 138 Å². The number of aliphatic hydroxyl groups is 1. The molecule has 9 heteroatoms. The fourth-order valence-corrected chi connectivity index (χ4v) is 4.70. The second-order valence-corrected chi connectivity index (χ2v) is 10.2. The number of aryl methyl sites for hydroxylation is 1. The number of nitrogens with one attached hydrogen (secondary N) is 2. The monoisotopic (exact) mass is 533 g/mol. The Morgan fingerprint density at radius 2 is 1.85 bits per heavy atom. The molecule has 39 heavy (non-hydrogen) atoms. The van der Waals surface area contributed by atoms with Gasteiger partial charge in [-0.2, -0.15) is 0 Å². The number of amides is 1. The zero-order chi connectivity index (χ0) is 27.9. The number of hydrogen-bond donors (Lipinski definition) is 3. The quantitative estimate of drug-likeness (QED) is 0.226. The number of hydrogen-bond acceptors (Lipinski definition) is 7. The van der Waals surface area contributed by atoms with Gasteiger partial charge in [0.2, 0.25) is 5.91 Å². The second-order valence-electron chi connectivity index (χ2n) is 10.2. The van der Waals surface area contributed by atoms with E-state index in [1.807, 2.05) is 57.2 Å². The first-order valence-electron chi connectivity index (χ1n) is 13.3. The van der Waals surface area contributed by atoms with Gasteiger partial charge in [-0.25, -0.2) is 4.79 Å². The fraction of sp³-hybridized carbons (Fsp3) is 0.400. The Labute approximate surface area is 226 Å². The highest BCUT2D eigenvalue weighted by Crippen LogP contribution is 2.26. The Hall–Kier alpha value is -3.98. The average molecular weight is 534 g/mol. The largest absolute Gasteiger partial charge is 0.417 e. The summed E-state index contributed by atoms with van der Waals surface area (Å²) in [7, 11) is 0. The number of nitrogens with zero attached hydrogens (tertiary/aromatic N) is 1. The van der Waals surface area contributed by atoms with Crippen molar-refractivity contribution in [2.75, 3.05) is 0 Å². The van der Waals surface area contributed by atoms with Crippen molar-refractivity contribution < 1.29 is 23.6 Å². The molecule has 0 aliphatic carbocycles. The van der Waals surface area contributed by atoms with Crippen molar-refractivity contribution >= 4 is 22.8 Å². The Kier molecular flexibility index (Phi) is 9.14. The lowest BCUT2D eigenvalue weighted by Gasteiger charge is -2.25. The van der Waals surface area contributed by atoms with Gasteiger partial charge in [0.25, 0.3) is 0 Å². The normalized spacial score (nSPS) is 13.7. The number of Topliss-reactive ketones (excluding diaryl/α,β-unsaturated/α-hetero) is 1. The lowest BCUT2D eigenvalue weighted by Crippen LogP contribution is -2.36. The van der Waals surface area contributed by atoms with E-state index in [9.17, 15) is 19.5 Å². The van der Waals surface area contributed by atoms with Crippen LogP contribution in [-0.2, 0) is 22.6 Å². The molecule has 4 rings (SSSR count). The van der Waals surface area contributed by atoms with Crippen LogP contribution in [0.5, 0.6) is 0 Å². The van der Waals surface area contributed by atoms with Crippen LogP contribution in [0.3, 0.4) is 0 Å². The summed E-state index contributed by atoms with van der Waals surface area (Å²) < 4.78 is 10.2. The smallest absolute Gasteiger partial charge is 0.408 e. The van der Waals surface area contributed by atoms with Crippen LogP contribution >= 0.6 is 0 Å². The van der Waals surface area contributed by atoms with Crippen molar-refractivity contribution in [2.24, 2.45) is 11.8 Å². The van der Waals surface area contributed by atoms with Crippen LogP contribution in [0.1, 0.15) is 56.5 Å². The molecule has 2 aromatic heterocycles. The van der Waals surface area contributed by atoms with E-state index < -0.39 is 17.8 Å². The number of H-pyrrole nitrogens is 1. The molecule has 0 aliphatic heterocycles. The number of benzene rings is 2. The van der Waals surface area contributed by atoms with Gasteiger partial charge < -0.3 is 19.4 Å². The maximum Gasteiger partial charge on any atom is 0.417 e. The van der Waals surface area contributed by atoms with E-state index in [1.165, 1.54) is 0 Å². The van der Waals surface area contributed by atoms with Gasteiger partial charge in [0, 0.05) is 24.9 Å². The molecule has 4 aromatic rings. The van der Waals surface area contributed by atoms with Crippen molar-refractivity contribution in [3.05, 3.63) is 76.1 Å². The lowest BCUT2D eigenvalue weighted by molar-refractivity contribution is -0.128. The molecule has 1 amide bonds. The standard InChI is InChI=1S/C30H35N3O6/c1-4-23(34)16-26(18(2)5-11-24(35)15-25-13-19(3)33-39-25)29(36)31-17-20-6-8-21(9-7-20)22-10-12-28-27(14-22)32-30(37)38-28/h6-10,12-14,18,23,26,34H,4-5,11,15-17H2,1-3H3,(H,31,36)(H,32,37). The minimum absolute atomic E-state index is 0.0339. The zero-order valence-electron chi connectivity index (χ0n) is 22.5. The van der Waals surface area contributed by atoms with Crippen molar-refractivity contribution in [3.63, 3.8) is 0 Å². The van der Waals surface area contributed by atoms with Gasteiger partial charge in [0.05, 0.1) is 23.7 Å². The van der Waals surface area contributed by atoms with Gasteiger partial charge in [0.1, 0.15) is 11.5 Å². The Morgan fingerprint density at radius 3 is 2.54 bits per heavy atom. The highest BCUT2D eigenvalue weighted by atomic mass is 16.5. The first-order valence-corrected chi connectivity index (χ1v) is 13.3. The molecule has 0 radical (unpaired) electrons.